The van der Waals surface area contributed by atoms with Crippen molar-refractivity contribution in [3.8, 4) is 33.4 Å². The molecule has 8 aromatic carbocycles. The molecule has 0 atom stereocenters. The van der Waals surface area contributed by atoms with Gasteiger partial charge in [0.15, 0.2) is 0 Å². The van der Waals surface area contributed by atoms with Crippen LogP contribution in [0.25, 0.3) is 64.3 Å². The Labute approximate surface area is 302 Å². The van der Waals surface area contributed by atoms with Crippen molar-refractivity contribution >= 4 is 59.3 Å². The van der Waals surface area contributed by atoms with E-state index in [1.165, 1.54) is 81.1 Å². The molecule has 1 aliphatic rings. The number of fused-ring (bicyclic) bond motifs is 7. The summed E-state index contributed by atoms with van der Waals surface area (Å²) in [6, 6.07) is 65.0. The molecule has 0 saturated carbocycles. The lowest BCUT2D eigenvalue weighted by Gasteiger charge is -2.30. The van der Waals surface area contributed by atoms with E-state index in [0.717, 1.165) is 11.4 Å². The maximum absolute atomic E-state index is 2.48. The van der Waals surface area contributed by atoms with E-state index in [4.69, 9.17) is 0 Å². The van der Waals surface area contributed by atoms with Gasteiger partial charge in [0.25, 0.3) is 0 Å². The van der Waals surface area contributed by atoms with Crippen LogP contribution in [0.15, 0.2) is 176 Å². The normalized spacial score (nSPS) is 13.1. The summed E-state index contributed by atoms with van der Waals surface area (Å²) in [5.41, 5.74) is 13.6. The Morgan fingerprint density at radius 1 is 0.412 bits per heavy atom. The van der Waals surface area contributed by atoms with E-state index in [0.29, 0.717) is 0 Å². The molecule has 0 aliphatic heterocycles. The van der Waals surface area contributed by atoms with Crippen LogP contribution >= 0.6 is 11.3 Å². The standard InChI is InChI=1S/C49H35NS/c1-49(2)44-18-10-8-16-39(44)40-27-26-38(29-45(40)49)50(37-24-22-33(23-25-37)36-21-20-32-12-6-7-15-35(32)28-36)46-31-48-43(41-17-9-11-19-47(41)51-48)30-42(46)34-13-4-3-5-14-34/h3-31H,1-2H3. The summed E-state index contributed by atoms with van der Waals surface area (Å²) in [4.78, 5) is 2.48. The third-order valence-electron chi connectivity index (χ3n) is 10.9. The van der Waals surface area contributed by atoms with Crippen LogP contribution in [0.1, 0.15) is 25.0 Å². The number of nitrogens with zero attached hydrogens (tertiary/aromatic N) is 1. The summed E-state index contributed by atoms with van der Waals surface area (Å²) < 4.78 is 2.60. The molecule has 0 radical (unpaired) electrons. The first-order valence-corrected chi connectivity index (χ1v) is 18.5. The van der Waals surface area contributed by atoms with Gasteiger partial charge in [0.2, 0.25) is 0 Å². The van der Waals surface area contributed by atoms with Crippen LogP contribution in [0.4, 0.5) is 17.1 Å². The van der Waals surface area contributed by atoms with E-state index in [1.807, 2.05) is 11.3 Å². The number of anilines is 3. The molecule has 0 fully saturated rings. The number of thiophene rings is 1. The van der Waals surface area contributed by atoms with Crippen molar-refractivity contribution in [3.05, 3.63) is 187 Å². The average molecular weight is 670 g/mol. The third-order valence-corrected chi connectivity index (χ3v) is 12.0. The molecule has 9 aromatic rings. The van der Waals surface area contributed by atoms with Crippen molar-refractivity contribution in [1.29, 1.82) is 0 Å². The minimum atomic E-state index is -0.106. The van der Waals surface area contributed by atoms with E-state index in [-0.39, 0.29) is 5.41 Å². The number of benzene rings is 8. The van der Waals surface area contributed by atoms with Crippen LogP contribution in [-0.2, 0) is 5.41 Å². The zero-order chi connectivity index (χ0) is 34.1. The van der Waals surface area contributed by atoms with Crippen LogP contribution < -0.4 is 4.90 Å². The summed E-state index contributed by atoms with van der Waals surface area (Å²) in [5.74, 6) is 0. The van der Waals surface area contributed by atoms with Crippen molar-refractivity contribution in [3.63, 3.8) is 0 Å². The molecule has 0 unspecified atom stereocenters. The number of rotatable bonds is 5. The van der Waals surface area contributed by atoms with Gasteiger partial charge in [-0.3, -0.25) is 0 Å². The van der Waals surface area contributed by atoms with Crippen LogP contribution in [0.2, 0.25) is 0 Å². The zero-order valence-electron chi connectivity index (χ0n) is 28.6. The Bertz CT molecular complexity index is 2770. The van der Waals surface area contributed by atoms with Crippen molar-refractivity contribution in [2.24, 2.45) is 0 Å². The van der Waals surface area contributed by atoms with Gasteiger partial charge in [-0.1, -0.05) is 141 Å². The maximum atomic E-state index is 2.48. The van der Waals surface area contributed by atoms with Gasteiger partial charge in [-0.05, 0) is 98.2 Å². The van der Waals surface area contributed by atoms with E-state index in [9.17, 15) is 0 Å². The second-order valence-corrected chi connectivity index (χ2v) is 15.3. The van der Waals surface area contributed by atoms with Crippen molar-refractivity contribution < 1.29 is 0 Å². The summed E-state index contributed by atoms with van der Waals surface area (Å²) in [7, 11) is 0. The first kappa shape index (κ1) is 29.9. The van der Waals surface area contributed by atoms with E-state index < -0.39 is 0 Å². The van der Waals surface area contributed by atoms with Gasteiger partial charge >= 0.3 is 0 Å². The number of hydrogen-bond donors (Lipinski definition) is 0. The largest absolute Gasteiger partial charge is 0.310 e. The Morgan fingerprint density at radius 2 is 1.10 bits per heavy atom. The highest BCUT2D eigenvalue weighted by Crippen LogP contribution is 2.52. The van der Waals surface area contributed by atoms with Gasteiger partial charge in [0, 0.05) is 42.5 Å². The molecular weight excluding hydrogens is 635 g/mol. The average Bonchev–Trinajstić information content (AvgIpc) is 3.66. The first-order chi connectivity index (χ1) is 25.0. The van der Waals surface area contributed by atoms with Crippen LogP contribution in [0.3, 0.4) is 0 Å². The molecule has 51 heavy (non-hydrogen) atoms. The van der Waals surface area contributed by atoms with E-state index in [1.54, 1.807) is 0 Å². The Hall–Kier alpha value is -5.96. The smallest absolute Gasteiger partial charge is 0.0554 e. The molecule has 0 spiro atoms. The second kappa shape index (κ2) is 11.6. The Morgan fingerprint density at radius 3 is 1.96 bits per heavy atom. The van der Waals surface area contributed by atoms with Crippen molar-refractivity contribution in [1.82, 2.24) is 0 Å². The topological polar surface area (TPSA) is 3.24 Å². The summed E-state index contributed by atoms with van der Waals surface area (Å²) in [6.07, 6.45) is 0. The molecule has 2 heteroatoms. The highest BCUT2D eigenvalue weighted by Gasteiger charge is 2.36. The Balaban J connectivity index is 1.20. The first-order valence-electron chi connectivity index (χ1n) is 17.7. The third kappa shape index (κ3) is 4.82. The monoisotopic (exact) mass is 669 g/mol. The molecule has 0 bridgehead atoms. The predicted octanol–water partition coefficient (Wildman–Crippen LogP) is 14.3. The fourth-order valence-corrected chi connectivity index (χ4v) is 9.35. The molecule has 0 saturated heterocycles. The minimum Gasteiger partial charge on any atom is -0.310 e. The molecule has 0 N–H and O–H groups in total. The molecule has 1 aromatic heterocycles. The predicted molar refractivity (Wildman–Crippen MR) is 220 cm³/mol. The van der Waals surface area contributed by atoms with Crippen LogP contribution in [0.5, 0.6) is 0 Å². The van der Waals surface area contributed by atoms with Gasteiger partial charge in [-0.25, -0.2) is 0 Å². The van der Waals surface area contributed by atoms with Crippen LogP contribution in [-0.4, -0.2) is 0 Å². The lowest BCUT2D eigenvalue weighted by Crippen LogP contribution is -2.16. The van der Waals surface area contributed by atoms with Gasteiger partial charge < -0.3 is 4.90 Å². The van der Waals surface area contributed by atoms with Crippen molar-refractivity contribution in [2.45, 2.75) is 19.3 Å². The highest BCUT2D eigenvalue weighted by atomic mass is 32.1. The molecule has 10 rings (SSSR count). The minimum absolute atomic E-state index is 0.106. The second-order valence-electron chi connectivity index (χ2n) is 14.2. The quantitative estimate of drug-likeness (QED) is 0.176. The van der Waals surface area contributed by atoms with E-state index in [2.05, 4.69) is 195 Å². The highest BCUT2D eigenvalue weighted by molar-refractivity contribution is 7.25. The fraction of sp³-hybridized carbons (Fsp3) is 0.0612. The summed E-state index contributed by atoms with van der Waals surface area (Å²) >= 11 is 1.87. The SMILES string of the molecule is CC1(C)c2ccccc2-c2ccc(N(c3ccc(-c4ccc5ccccc5c4)cc3)c3cc4sc5ccccc5c4cc3-c3ccccc3)cc21. The van der Waals surface area contributed by atoms with Crippen molar-refractivity contribution in [2.75, 3.05) is 4.90 Å². The lowest BCUT2D eigenvalue weighted by molar-refractivity contribution is 0.660. The lowest BCUT2D eigenvalue weighted by atomic mass is 9.82. The Kier molecular flexibility index (Phi) is 6.78. The molecular formula is C49H35NS. The molecule has 1 heterocycles. The van der Waals surface area contributed by atoms with Gasteiger partial charge in [0.1, 0.15) is 0 Å². The molecule has 1 aliphatic carbocycles. The van der Waals surface area contributed by atoms with Crippen LogP contribution in [0, 0.1) is 0 Å². The van der Waals surface area contributed by atoms with Gasteiger partial charge in [-0.15, -0.1) is 11.3 Å². The molecule has 1 nitrogen and oxygen atoms in total. The zero-order valence-corrected chi connectivity index (χ0v) is 29.4. The fourth-order valence-electron chi connectivity index (χ4n) is 8.22. The van der Waals surface area contributed by atoms with Gasteiger partial charge in [-0.2, -0.15) is 0 Å². The molecule has 0 amide bonds. The summed E-state index contributed by atoms with van der Waals surface area (Å²) in [6.45, 7) is 4.73. The van der Waals surface area contributed by atoms with Gasteiger partial charge in [0.05, 0.1) is 5.69 Å². The summed E-state index contributed by atoms with van der Waals surface area (Å²) in [5, 5.41) is 5.13. The molecule has 242 valence electrons. The van der Waals surface area contributed by atoms with E-state index >= 15 is 0 Å². The number of hydrogen-bond acceptors (Lipinski definition) is 2. The maximum Gasteiger partial charge on any atom is 0.0554 e.